The number of esters is 3. The van der Waals surface area contributed by atoms with Gasteiger partial charge in [0.05, 0.1) is 0 Å². The first-order valence-corrected chi connectivity index (χ1v) is 28.2. The molecule has 0 fully saturated rings. The molecule has 0 aromatic carbocycles. The first-order valence-electron chi connectivity index (χ1n) is 28.2. The van der Waals surface area contributed by atoms with E-state index in [4.69, 9.17) is 14.2 Å². The van der Waals surface area contributed by atoms with E-state index in [0.29, 0.717) is 19.3 Å². The molecule has 0 aliphatic carbocycles. The van der Waals surface area contributed by atoms with Crippen LogP contribution in [0.2, 0.25) is 0 Å². The van der Waals surface area contributed by atoms with E-state index in [1.54, 1.807) is 0 Å². The Morgan fingerprint density at radius 3 is 0.778 bits per heavy atom. The van der Waals surface area contributed by atoms with Crippen molar-refractivity contribution in [3.63, 3.8) is 0 Å². The summed E-state index contributed by atoms with van der Waals surface area (Å²) in [7, 11) is 0. The van der Waals surface area contributed by atoms with Gasteiger partial charge in [-0.2, -0.15) is 0 Å². The highest BCUT2D eigenvalue weighted by Gasteiger charge is 2.19. The number of unbranched alkanes of at least 4 members (excludes halogenated alkanes) is 36. The first-order chi connectivity index (χ1) is 30.7. The highest BCUT2D eigenvalue weighted by Crippen LogP contribution is 2.18. The summed E-state index contributed by atoms with van der Waals surface area (Å²) >= 11 is 0. The van der Waals surface area contributed by atoms with Gasteiger partial charge in [-0.3, -0.25) is 14.4 Å². The summed E-state index contributed by atoms with van der Waals surface area (Å²) in [6.45, 7) is 11.4. The monoisotopic (exact) mass is 891 g/mol. The molecule has 0 aromatic heterocycles. The molecule has 0 amide bonds. The molecule has 0 aliphatic heterocycles. The Kier molecular flexibility index (Phi) is 48.6. The van der Waals surface area contributed by atoms with Crippen LogP contribution < -0.4 is 0 Å². The molecular formula is C57H110O6. The second-order valence-electron chi connectivity index (χ2n) is 20.5. The molecule has 0 heterocycles. The summed E-state index contributed by atoms with van der Waals surface area (Å²) in [5.74, 6) is 0.824. The molecule has 0 unspecified atom stereocenters. The maximum atomic E-state index is 12.8. The van der Waals surface area contributed by atoms with E-state index >= 15 is 0 Å². The molecule has 0 saturated carbocycles. The Balaban J connectivity index is 4.21. The molecule has 0 bridgehead atoms. The minimum absolute atomic E-state index is 0.0630. The SMILES string of the molecule is CCCCCCCCCCCCCCC(=O)O[C@@H](COC(=O)CCCCCCCCCCCCCCCCCCCCC(C)C)COC(=O)CCCCCCCCCCCC(C)C. The Hall–Kier alpha value is -1.59. The van der Waals surface area contributed by atoms with Gasteiger partial charge in [0.2, 0.25) is 0 Å². The van der Waals surface area contributed by atoms with Crippen LogP contribution in [0.3, 0.4) is 0 Å². The Bertz CT molecular complexity index is 962. The normalized spacial score (nSPS) is 12.0. The molecule has 374 valence electrons. The predicted octanol–water partition coefficient (Wildman–Crippen LogP) is 18.5. The fourth-order valence-electron chi connectivity index (χ4n) is 8.70. The zero-order valence-corrected chi connectivity index (χ0v) is 43.2. The van der Waals surface area contributed by atoms with Crippen molar-refractivity contribution in [2.45, 2.75) is 323 Å². The van der Waals surface area contributed by atoms with Gasteiger partial charge in [-0.15, -0.1) is 0 Å². The lowest BCUT2D eigenvalue weighted by atomic mass is 10.0. The van der Waals surface area contributed by atoms with Crippen LogP contribution in [0.5, 0.6) is 0 Å². The molecule has 63 heavy (non-hydrogen) atoms. The number of rotatable bonds is 51. The second-order valence-corrected chi connectivity index (χ2v) is 20.5. The quantitative estimate of drug-likeness (QED) is 0.0344. The van der Waals surface area contributed by atoms with Crippen LogP contribution in [0.15, 0.2) is 0 Å². The van der Waals surface area contributed by atoms with E-state index in [9.17, 15) is 14.4 Å². The van der Waals surface area contributed by atoms with Gasteiger partial charge in [0.15, 0.2) is 6.10 Å². The van der Waals surface area contributed by atoms with Gasteiger partial charge in [-0.1, -0.05) is 279 Å². The van der Waals surface area contributed by atoms with Crippen LogP contribution in [-0.2, 0) is 28.6 Å². The fraction of sp³-hybridized carbons (Fsp3) is 0.947. The topological polar surface area (TPSA) is 78.9 Å². The number of carbonyl (C=O) groups excluding carboxylic acids is 3. The van der Waals surface area contributed by atoms with Crippen molar-refractivity contribution in [3.8, 4) is 0 Å². The fourth-order valence-corrected chi connectivity index (χ4v) is 8.70. The first kappa shape index (κ1) is 61.4. The van der Waals surface area contributed by atoms with Crippen LogP contribution in [0.25, 0.3) is 0 Å². The molecule has 6 heteroatoms. The summed E-state index contributed by atoms with van der Waals surface area (Å²) in [6.07, 6.45) is 52.4. The summed E-state index contributed by atoms with van der Waals surface area (Å²) in [6, 6.07) is 0. The third-order valence-corrected chi connectivity index (χ3v) is 13.0. The lowest BCUT2D eigenvalue weighted by Gasteiger charge is -2.18. The van der Waals surface area contributed by atoms with Gasteiger partial charge < -0.3 is 14.2 Å². The van der Waals surface area contributed by atoms with Crippen molar-refractivity contribution in [3.05, 3.63) is 0 Å². The Morgan fingerprint density at radius 1 is 0.302 bits per heavy atom. The van der Waals surface area contributed by atoms with E-state index in [2.05, 4.69) is 34.6 Å². The third kappa shape index (κ3) is 51.3. The summed E-state index contributed by atoms with van der Waals surface area (Å²) in [5, 5.41) is 0. The number of carbonyl (C=O) groups is 3. The highest BCUT2D eigenvalue weighted by molar-refractivity contribution is 5.71. The molecule has 0 rings (SSSR count). The van der Waals surface area contributed by atoms with E-state index in [0.717, 1.165) is 69.6 Å². The Morgan fingerprint density at radius 2 is 0.524 bits per heavy atom. The molecule has 0 aliphatic rings. The van der Waals surface area contributed by atoms with Gasteiger partial charge in [-0.25, -0.2) is 0 Å². The van der Waals surface area contributed by atoms with Crippen LogP contribution in [0.1, 0.15) is 317 Å². The zero-order valence-electron chi connectivity index (χ0n) is 43.2. The molecule has 0 aromatic rings. The maximum absolute atomic E-state index is 12.8. The van der Waals surface area contributed by atoms with Crippen LogP contribution in [-0.4, -0.2) is 37.2 Å². The van der Waals surface area contributed by atoms with E-state index < -0.39 is 6.10 Å². The zero-order chi connectivity index (χ0) is 46.1. The van der Waals surface area contributed by atoms with E-state index in [1.807, 2.05) is 0 Å². The van der Waals surface area contributed by atoms with Crippen molar-refractivity contribution < 1.29 is 28.6 Å². The van der Waals surface area contributed by atoms with Crippen molar-refractivity contribution in [2.75, 3.05) is 13.2 Å². The van der Waals surface area contributed by atoms with Crippen LogP contribution in [0, 0.1) is 11.8 Å². The number of hydrogen-bond acceptors (Lipinski definition) is 6. The molecule has 1 atom stereocenters. The minimum Gasteiger partial charge on any atom is -0.462 e. The molecule has 6 nitrogen and oxygen atoms in total. The van der Waals surface area contributed by atoms with Gasteiger partial charge in [0.1, 0.15) is 13.2 Å². The van der Waals surface area contributed by atoms with Crippen molar-refractivity contribution in [1.29, 1.82) is 0 Å². The number of ether oxygens (including phenoxy) is 3. The van der Waals surface area contributed by atoms with Crippen molar-refractivity contribution >= 4 is 17.9 Å². The predicted molar refractivity (Wildman–Crippen MR) is 270 cm³/mol. The van der Waals surface area contributed by atoms with Gasteiger partial charge >= 0.3 is 17.9 Å². The van der Waals surface area contributed by atoms with Crippen LogP contribution >= 0.6 is 0 Å². The van der Waals surface area contributed by atoms with Crippen molar-refractivity contribution in [1.82, 2.24) is 0 Å². The highest BCUT2D eigenvalue weighted by atomic mass is 16.6. The molecular weight excluding hydrogens is 781 g/mol. The smallest absolute Gasteiger partial charge is 0.306 e. The summed E-state index contributed by atoms with van der Waals surface area (Å²) in [5.41, 5.74) is 0. The standard InChI is InChI=1S/C57H110O6/c1-6-7-8-9-10-11-12-22-28-34-39-44-49-57(60)63-54(51-62-56(59)48-43-38-33-29-24-26-31-36-41-46-53(4)5)50-61-55(58)47-42-37-32-27-23-20-18-16-14-13-15-17-19-21-25-30-35-40-45-52(2)3/h52-54H,6-51H2,1-5H3/t54-/m0/s1. The average Bonchev–Trinajstić information content (AvgIpc) is 3.25. The molecule has 0 N–H and O–H groups in total. The minimum atomic E-state index is -0.762. The maximum Gasteiger partial charge on any atom is 0.306 e. The van der Waals surface area contributed by atoms with Gasteiger partial charge in [-0.05, 0) is 31.1 Å². The second kappa shape index (κ2) is 49.8. The van der Waals surface area contributed by atoms with Crippen LogP contribution in [0.4, 0.5) is 0 Å². The Labute approximate surface area is 393 Å². The molecule has 0 radical (unpaired) electrons. The van der Waals surface area contributed by atoms with E-state index in [-0.39, 0.29) is 31.1 Å². The van der Waals surface area contributed by atoms with Crippen molar-refractivity contribution in [2.24, 2.45) is 11.8 Å². The van der Waals surface area contributed by atoms with Gasteiger partial charge in [0.25, 0.3) is 0 Å². The average molecular weight is 892 g/mol. The number of hydrogen-bond donors (Lipinski definition) is 0. The van der Waals surface area contributed by atoms with Gasteiger partial charge in [0, 0.05) is 19.3 Å². The lowest BCUT2D eigenvalue weighted by Crippen LogP contribution is -2.30. The summed E-state index contributed by atoms with van der Waals surface area (Å²) < 4.78 is 16.8. The van der Waals surface area contributed by atoms with E-state index in [1.165, 1.54) is 205 Å². The summed E-state index contributed by atoms with van der Waals surface area (Å²) in [4.78, 5) is 38.0. The lowest BCUT2D eigenvalue weighted by molar-refractivity contribution is -0.167. The molecule has 0 spiro atoms. The largest absolute Gasteiger partial charge is 0.462 e. The molecule has 0 saturated heterocycles. The third-order valence-electron chi connectivity index (χ3n) is 13.0.